The van der Waals surface area contributed by atoms with Gasteiger partial charge in [0.1, 0.15) is 4.90 Å². The van der Waals surface area contributed by atoms with Crippen molar-refractivity contribution in [1.29, 1.82) is 0 Å². The Morgan fingerprint density at radius 2 is 2.04 bits per heavy atom. The van der Waals surface area contributed by atoms with Gasteiger partial charge in [0.15, 0.2) is 5.13 Å². The third-order valence-electron chi connectivity index (χ3n) is 2.91. The summed E-state index contributed by atoms with van der Waals surface area (Å²) in [6, 6.07) is 2.77. The fourth-order valence-corrected chi connectivity index (χ4v) is 4.60. The Morgan fingerprint density at radius 1 is 1.33 bits per heavy atom. The number of halogens is 2. The van der Waals surface area contributed by atoms with Crippen molar-refractivity contribution in [2.75, 3.05) is 11.3 Å². The highest BCUT2D eigenvalue weighted by atomic mass is 35.5. The first-order chi connectivity index (χ1) is 11.2. The highest BCUT2D eigenvalue weighted by molar-refractivity contribution is 7.93. The van der Waals surface area contributed by atoms with Crippen LogP contribution in [0.25, 0.3) is 0 Å². The number of rotatable bonds is 6. The normalized spacial score (nSPS) is 11.3. The third kappa shape index (κ3) is 4.60. The zero-order chi connectivity index (χ0) is 17.9. The number of nitrogens with one attached hydrogen (secondary N) is 1. The van der Waals surface area contributed by atoms with E-state index in [0.29, 0.717) is 16.3 Å². The number of benzene rings is 1. The van der Waals surface area contributed by atoms with Gasteiger partial charge in [0, 0.05) is 10.4 Å². The van der Waals surface area contributed by atoms with Crippen LogP contribution in [0.2, 0.25) is 10.0 Å². The van der Waals surface area contributed by atoms with Gasteiger partial charge in [0.25, 0.3) is 10.0 Å². The topological polar surface area (TPSA) is 85.4 Å². The van der Waals surface area contributed by atoms with Gasteiger partial charge in [-0.1, -0.05) is 23.2 Å². The van der Waals surface area contributed by atoms with Crippen molar-refractivity contribution in [3.63, 3.8) is 0 Å². The molecule has 0 unspecified atom stereocenters. The van der Waals surface area contributed by atoms with Crippen LogP contribution in [-0.2, 0) is 26.0 Å². The molecule has 0 bridgehead atoms. The molecule has 0 spiro atoms. The highest BCUT2D eigenvalue weighted by Gasteiger charge is 2.21. The highest BCUT2D eigenvalue weighted by Crippen LogP contribution is 2.30. The molecule has 0 atom stereocenters. The number of esters is 1. The Labute approximate surface area is 153 Å². The maximum atomic E-state index is 12.5. The van der Waals surface area contributed by atoms with E-state index in [4.69, 9.17) is 27.9 Å². The van der Waals surface area contributed by atoms with Gasteiger partial charge >= 0.3 is 5.97 Å². The molecule has 0 aliphatic heterocycles. The number of sulfonamides is 1. The number of aromatic nitrogens is 1. The molecule has 1 aromatic heterocycles. The summed E-state index contributed by atoms with van der Waals surface area (Å²) in [5, 5.41) is 2.12. The van der Waals surface area contributed by atoms with Gasteiger partial charge in [-0.25, -0.2) is 13.4 Å². The molecule has 2 rings (SSSR count). The predicted molar refractivity (Wildman–Crippen MR) is 94.5 cm³/mol. The number of thiazole rings is 1. The lowest BCUT2D eigenvalue weighted by Gasteiger charge is -2.09. The summed E-state index contributed by atoms with van der Waals surface area (Å²) in [6.45, 7) is 3.66. The minimum absolute atomic E-state index is 0.0152. The van der Waals surface area contributed by atoms with Gasteiger partial charge < -0.3 is 4.74 Å². The van der Waals surface area contributed by atoms with Crippen molar-refractivity contribution in [2.45, 2.75) is 25.2 Å². The second-order valence-electron chi connectivity index (χ2n) is 4.76. The van der Waals surface area contributed by atoms with Crippen LogP contribution in [0, 0.1) is 6.92 Å². The van der Waals surface area contributed by atoms with Crippen LogP contribution in [0.15, 0.2) is 22.4 Å². The van der Waals surface area contributed by atoms with Crippen LogP contribution < -0.4 is 4.72 Å². The number of ether oxygens (including phenoxy) is 1. The summed E-state index contributed by atoms with van der Waals surface area (Å²) in [7, 11) is -3.92. The lowest BCUT2D eigenvalue weighted by atomic mass is 10.2. The standard InChI is InChI=1S/C14H14Cl2N2O4S2/c1-3-22-13(19)5-9-7-23-14(17-9)18-24(20,21)12-4-8(2)10(15)6-11(12)16/h4,6-7H,3,5H2,1-2H3,(H,17,18). The van der Waals surface area contributed by atoms with E-state index in [1.807, 2.05) is 0 Å². The number of aryl methyl sites for hydroxylation is 1. The second kappa shape index (κ2) is 7.69. The van der Waals surface area contributed by atoms with Crippen LogP contribution in [0.1, 0.15) is 18.2 Å². The quantitative estimate of drug-likeness (QED) is 0.736. The average molecular weight is 409 g/mol. The fourth-order valence-electron chi connectivity index (χ4n) is 1.80. The zero-order valence-corrected chi connectivity index (χ0v) is 15.9. The molecule has 10 heteroatoms. The number of hydrogen-bond donors (Lipinski definition) is 1. The van der Waals surface area contributed by atoms with E-state index in [9.17, 15) is 13.2 Å². The van der Waals surface area contributed by atoms with E-state index < -0.39 is 16.0 Å². The Balaban J connectivity index is 2.20. The van der Waals surface area contributed by atoms with Crippen LogP contribution in [-0.4, -0.2) is 26.0 Å². The van der Waals surface area contributed by atoms with Gasteiger partial charge in [0.05, 0.1) is 23.7 Å². The molecule has 0 aliphatic rings. The van der Waals surface area contributed by atoms with E-state index in [2.05, 4.69) is 9.71 Å². The molecule has 0 saturated heterocycles. The maximum absolute atomic E-state index is 12.5. The third-order valence-corrected chi connectivity index (χ3v) is 6.05. The smallest absolute Gasteiger partial charge is 0.311 e. The Hall–Kier alpha value is -1.35. The van der Waals surface area contributed by atoms with Gasteiger partial charge in [-0.05, 0) is 31.5 Å². The molecule has 1 heterocycles. The van der Waals surface area contributed by atoms with Crippen molar-refractivity contribution < 1.29 is 17.9 Å². The van der Waals surface area contributed by atoms with Crippen molar-refractivity contribution in [2.24, 2.45) is 0 Å². The fraction of sp³-hybridized carbons (Fsp3) is 0.286. The van der Waals surface area contributed by atoms with E-state index in [-0.39, 0.29) is 28.1 Å². The van der Waals surface area contributed by atoms with Gasteiger partial charge in [-0.15, -0.1) is 11.3 Å². The summed E-state index contributed by atoms with van der Waals surface area (Å²) in [5.41, 5.74) is 1.01. The number of carbonyl (C=O) groups excluding carboxylic acids is 1. The average Bonchev–Trinajstić information content (AvgIpc) is 2.89. The maximum Gasteiger partial charge on any atom is 0.311 e. The number of hydrogen-bond acceptors (Lipinski definition) is 6. The van der Waals surface area contributed by atoms with E-state index in [1.54, 1.807) is 19.2 Å². The molecule has 2 aromatic rings. The van der Waals surface area contributed by atoms with E-state index in [0.717, 1.165) is 11.3 Å². The molecule has 0 amide bonds. The van der Waals surface area contributed by atoms with Crippen molar-refractivity contribution in [3.8, 4) is 0 Å². The first kappa shape index (κ1) is 19.0. The molecule has 1 aromatic carbocycles. The van der Waals surface area contributed by atoms with Gasteiger partial charge in [-0.2, -0.15) is 0 Å². The lowest BCUT2D eigenvalue weighted by Crippen LogP contribution is -2.14. The number of nitrogens with zero attached hydrogens (tertiary/aromatic N) is 1. The van der Waals surface area contributed by atoms with Crippen molar-refractivity contribution in [1.82, 2.24) is 4.98 Å². The summed E-state index contributed by atoms with van der Waals surface area (Å²) in [4.78, 5) is 15.4. The molecule has 0 fully saturated rings. The summed E-state index contributed by atoms with van der Waals surface area (Å²) >= 11 is 13.0. The largest absolute Gasteiger partial charge is 0.466 e. The molecule has 0 saturated carbocycles. The second-order valence-corrected chi connectivity index (χ2v) is 8.09. The predicted octanol–water partition coefficient (Wildman–Crippen LogP) is 3.66. The van der Waals surface area contributed by atoms with Gasteiger partial charge in [0.2, 0.25) is 0 Å². The molecule has 1 N–H and O–H groups in total. The van der Waals surface area contributed by atoms with Crippen LogP contribution in [0.3, 0.4) is 0 Å². The lowest BCUT2D eigenvalue weighted by molar-refractivity contribution is -0.142. The minimum Gasteiger partial charge on any atom is -0.466 e. The molecule has 0 aliphatic carbocycles. The molecule has 130 valence electrons. The molecule has 6 nitrogen and oxygen atoms in total. The first-order valence-corrected chi connectivity index (χ1v) is 9.93. The summed E-state index contributed by atoms with van der Waals surface area (Å²) in [5.74, 6) is -0.423. The van der Waals surface area contributed by atoms with Crippen LogP contribution in [0.4, 0.5) is 5.13 Å². The SMILES string of the molecule is CCOC(=O)Cc1csc(NS(=O)(=O)c2cc(C)c(Cl)cc2Cl)n1. The van der Waals surface area contributed by atoms with Gasteiger partial charge in [-0.3, -0.25) is 9.52 Å². The number of carbonyl (C=O) groups is 1. The Morgan fingerprint density at radius 3 is 2.71 bits per heavy atom. The molecule has 0 radical (unpaired) electrons. The van der Waals surface area contributed by atoms with Crippen molar-refractivity contribution >= 4 is 55.7 Å². The minimum atomic E-state index is -3.92. The molecule has 24 heavy (non-hydrogen) atoms. The summed E-state index contributed by atoms with van der Waals surface area (Å²) in [6.07, 6.45) is -0.0210. The van der Waals surface area contributed by atoms with E-state index in [1.165, 1.54) is 12.1 Å². The van der Waals surface area contributed by atoms with E-state index >= 15 is 0 Å². The first-order valence-electron chi connectivity index (χ1n) is 6.81. The molecular formula is C14H14Cl2N2O4S2. The zero-order valence-electron chi connectivity index (χ0n) is 12.8. The Kier molecular flexibility index (Phi) is 6.08. The van der Waals surface area contributed by atoms with Crippen molar-refractivity contribution in [3.05, 3.63) is 38.8 Å². The van der Waals surface area contributed by atoms with Crippen LogP contribution in [0.5, 0.6) is 0 Å². The summed E-state index contributed by atoms with van der Waals surface area (Å²) < 4.78 is 32.1. The monoisotopic (exact) mass is 408 g/mol. The van der Waals surface area contributed by atoms with Crippen LogP contribution >= 0.6 is 34.5 Å². The molecular weight excluding hydrogens is 395 g/mol. The Bertz CT molecular complexity index is 866. The number of anilines is 1.